The first-order valence-electron chi connectivity index (χ1n) is 10.6. The lowest BCUT2D eigenvalue weighted by molar-refractivity contribution is -0.154. The Morgan fingerprint density at radius 3 is 2.61 bits per heavy atom. The molecule has 1 aromatic carbocycles. The third kappa shape index (κ3) is 9.26. The predicted octanol–water partition coefficient (Wildman–Crippen LogP) is 3.59. The second-order valence-corrected chi connectivity index (χ2v) is 7.81. The van der Waals surface area contributed by atoms with Gasteiger partial charge in [0.15, 0.2) is 0 Å². The number of carboxylic acids is 1. The van der Waals surface area contributed by atoms with E-state index in [0.717, 1.165) is 42.8 Å². The summed E-state index contributed by atoms with van der Waals surface area (Å²) in [7, 11) is 5.44. The molecule has 0 aliphatic heterocycles. The Bertz CT molecular complexity index is 799. The van der Waals surface area contributed by atoms with Gasteiger partial charge in [0.05, 0.1) is 20.0 Å². The summed E-state index contributed by atoms with van der Waals surface area (Å²) in [4.78, 5) is 24.6. The van der Waals surface area contributed by atoms with E-state index in [4.69, 9.17) is 19.3 Å². The van der Waals surface area contributed by atoms with Crippen molar-refractivity contribution in [3.05, 3.63) is 53.3 Å². The van der Waals surface area contributed by atoms with Crippen LogP contribution in [0, 0.1) is 0 Å². The standard InChI is InChI=1S/C24H33NO6/c1-25(2)16-21(31-24(28)14-13-23(26)27)17-30-22-10-5-4-8-19(22)12-11-18-7-6-9-20(15-18)29-3/h6-10,15,21H,4-5,11-14,16-17H2,1-3H3,(H,26,27)/t21-/m0/s1. The Balaban J connectivity index is 1.92. The van der Waals surface area contributed by atoms with Crippen LogP contribution in [-0.4, -0.2) is 62.4 Å². The van der Waals surface area contributed by atoms with E-state index >= 15 is 0 Å². The van der Waals surface area contributed by atoms with Gasteiger partial charge < -0.3 is 24.2 Å². The lowest BCUT2D eigenvalue weighted by Crippen LogP contribution is -2.34. The summed E-state index contributed by atoms with van der Waals surface area (Å²) >= 11 is 0. The summed E-state index contributed by atoms with van der Waals surface area (Å²) < 4.78 is 16.8. The number of hydrogen-bond donors (Lipinski definition) is 1. The Morgan fingerprint density at radius 1 is 1.13 bits per heavy atom. The molecular formula is C24H33NO6. The SMILES string of the molecule is COc1cccc(CCC2=CCCC=C2OC[C@H](CN(C)C)OC(=O)CCC(=O)O)c1. The largest absolute Gasteiger partial charge is 0.497 e. The van der Waals surface area contributed by atoms with Gasteiger partial charge in [-0.2, -0.15) is 0 Å². The van der Waals surface area contributed by atoms with E-state index in [2.05, 4.69) is 18.2 Å². The van der Waals surface area contributed by atoms with Crippen molar-refractivity contribution in [2.75, 3.05) is 34.4 Å². The van der Waals surface area contributed by atoms with E-state index in [1.807, 2.05) is 37.2 Å². The van der Waals surface area contributed by atoms with Crippen LogP contribution in [0.4, 0.5) is 0 Å². The summed E-state index contributed by atoms with van der Waals surface area (Å²) in [5.41, 5.74) is 2.35. The molecule has 1 atom stereocenters. The van der Waals surface area contributed by atoms with Gasteiger partial charge in [0.1, 0.15) is 24.2 Å². The third-order valence-corrected chi connectivity index (χ3v) is 4.86. The van der Waals surface area contributed by atoms with E-state index < -0.39 is 18.0 Å². The van der Waals surface area contributed by atoms with Crippen LogP contribution in [0.15, 0.2) is 47.7 Å². The smallest absolute Gasteiger partial charge is 0.306 e. The number of ether oxygens (including phenoxy) is 3. The Kier molecular flexibility index (Phi) is 10.1. The number of carbonyl (C=O) groups excluding carboxylic acids is 1. The maximum Gasteiger partial charge on any atom is 0.306 e. The van der Waals surface area contributed by atoms with Crippen molar-refractivity contribution in [3.63, 3.8) is 0 Å². The molecule has 1 aliphatic carbocycles. The number of aryl methyl sites for hydroxylation is 1. The van der Waals surface area contributed by atoms with Gasteiger partial charge in [-0.25, -0.2) is 0 Å². The predicted molar refractivity (Wildman–Crippen MR) is 118 cm³/mol. The van der Waals surface area contributed by atoms with Crippen molar-refractivity contribution >= 4 is 11.9 Å². The Hall–Kier alpha value is -2.80. The molecule has 1 aliphatic rings. The molecule has 0 saturated heterocycles. The van der Waals surface area contributed by atoms with Crippen molar-refractivity contribution in [3.8, 4) is 5.75 Å². The number of likely N-dealkylation sites (N-methyl/N-ethyl adjacent to an activating group) is 1. The Morgan fingerprint density at radius 2 is 1.90 bits per heavy atom. The van der Waals surface area contributed by atoms with Crippen LogP contribution in [-0.2, 0) is 25.5 Å². The van der Waals surface area contributed by atoms with E-state index in [9.17, 15) is 9.59 Å². The molecule has 170 valence electrons. The van der Waals surface area contributed by atoms with Gasteiger partial charge in [0.25, 0.3) is 0 Å². The number of rotatable bonds is 13. The number of benzene rings is 1. The average molecular weight is 432 g/mol. The van der Waals surface area contributed by atoms with Gasteiger partial charge in [0, 0.05) is 6.54 Å². The highest BCUT2D eigenvalue weighted by atomic mass is 16.6. The fourth-order valence-corrected chi connectivity index (χ4v) is 3.36. The summed E-state index contributed by atoms with van der Waals surface area (Å²) in [5.74, 6) is 0.137. The van der Waals surface area contributed by atoms with Gasteiger partial charge >= 0.3 is 11.9 Å². The van der Waals surface area contributed by atoms with Crippen LogP contribution in [0.5, 0.6) is 5.75 Å². The van der Waals surface area contributed by atoms with Crippen molar-refractivity contribution < 1.29 is 28.9 Å². The van der Waals surface area contributed by atoms with Crippen LogP contribution in [0.25, 0.3) is 0 Å². The summed E-state index contributed by atoms with van der Waals surface area (Å²) in [5, 5.41) is 8.75. The number of allylic oxidation sites excluding steroid dienone is 3. The third-order valence-electron chi connectivity index (χ3n) is 4.86. The highest BCUT2D eigenvalue weighted by molar-refractivity contribution is 5.76. The zero-order chi connectivity index (χ0) is 22.6. The topological polar surface area (TPSA) is 85.3 Å². The molecule has 0 amide bonds. The van der Waals surface area contributed by atoms with Crippen LogP contribution >= 0.6 is 0 Å². The van der Waals surface area contributed by atoms with Crippen molar-refractivity contribution in [1.82, 2.24) is 4.90 Å². The second kappa shape index (κ2) is 12.8. The van der Waals surface area contributed by atoms with Gasteiger partial charge in [0.2, 0.25) is 0 Å². The molecule has 1 N–H and O–H groups in total. The molecule has 2 rings (SSSR count). The second-order valence-electron chi connectivity index (χ2n) is 7.81. The van der Waals surface area contributed by atoms with E-state index in [1.54, 1.807) is 7.11 Å². The van der Waals surface area contributed by atoms with Crippen LogP contribution in [0.1, 0.15) is 37.7 Å². The number of esters is 1. The fourth-order valence-electron chi connectivity index (χ4n) is 3.36. The van der Waals surface area contributed by atoms with Crippen LogP contribution < -0.4 is 4.74 Å². The molecule has 0 unspecified atom stereocenters. The molecule has 1 aromatic rings. The lowest BCUT2D eigenvalue weighted by atomic mass is 9.98. The van der Waals surface area contributed by atoms with E-state index in [1.165, 1.54) is 5.56 Å². The van der Waals surface area contributed by atoms with Crippen molar-refractivity contribution in [2.24, 2.45) is 0 Å². The first-order chi connectivity index (χ1) is 14.9. The number of methoxy groups -OCH3 is 1. The minimum atomic E-state index is -1.02. The van der Waals surface area contributed by atoms with Gasteiger partial charge in [-0.05, 0) is 69.1 Å². The zero-order valence-electron chi connectivity index (χ0n) is 18.6. The maximum atomic E-state index is 12.0. The molecule has 7 nitrogen and oxygen atoms in total. The average Bonchev–Trinajstić information content (AvgIpc) is 2.75. The molecule has 31 heavy (non-hydrogen) atoms. The molecule has 0 bridgehead atoms. The molecule has 0 heterocycles. The molecule has 7 heteroatoms. The number of carbonyl (C=O) groups is 2. The lowest BCUT2D eigenvalue weighted by Gasteiger charge is -2.24. The summed E-state index contributed by atoms with van der Waals surface area (Å²) in [6.45, 7) is 0.717. The normalized spacial score (nSPS) is 14.5. The minimum Gasteiger partial charge on any atom is -0.497 e. The molecule has 0 spiro atoms. The molecule has 0 fully saturated rings. The number of aliphatic carboxylic acids is 1. The van der Waals surface area contributed by atoms with Gasteiger partial charge in [-0.3, -0.25) is 9.59 Å². The number of carboxylic acid groups (broad SMARTS) is 1. The zero-order valence-corrected chi connectivity index (χ0v) is 18.6. The first-order valence-corrected chi connectivity index (χ1v) is 10.6. The maximum absolute atomic E-state index is 12.0. The Labute approximate surface area is 184 Å². The highest BCUT2D eigenvalue weighted by Gasteiger charge is 2.19. The monoisotopic (exact) mass is 431 g/mol. The molecular weight excluding hydrogens is 398 g/mol. The fraction of sp³-hybridized carbons (Fsp3) is 0.500. The van der Waals surface area contributed by atoms with Crippen molar-refractivity contribution in [2.45, 2.75) is 44.6 Å². The highest BCUT2D eigenvalue weighted by Crippen LogP contribution is 2.25. The van der Waals surface area contributed by atoms with Gasteiger partial charge in [-0.1, -0.05) is 18.2 Å². The molecule has 0 saturated carbocycles. The minimum absolute atomic E-state index is 0.145. The summed E-state index contributed by atoms with van der Waals surface area (Å²) in [6, 6.07) is 8.04. The number of hydrogen-bond acceptors (Lipinski definition) is 6. The van der Waals surface area contributed by atoms with Gasteiger partial charge in [-0.15, -0.1) is 0 Å². The van der Waals surface area contributed by atoms with E-state index in [0.29, 0.717) is 6.54 Å². The molecule has 0 aromatic heterocycles. The van der Waals surface area contributed by atoms with Crippen LogP contribution in [0.3, 0.4) is 0 Å². The first kappa shape index (κ1) is 24.5. The summed E-state index contributed by atoms with van der Waals surface area (Å²) in [6.07, 6.45) is 7.03. The molecule has 0 radical (unpaired) electrons. The quantitative estimate of drug-likeness (QED) is 0.478. The van der Waals surface area contributed by atoms with E-state index in [-0.39, 0.29) is 19.4 Å². The van der Waals surface area contributed by atoms with Crippen LogP contribution in [0.2, 0.25) is 0 Å². The van der Waals surface area contributed by atoms with Crippen molar-refractivity contribution in [1.29, 1.82) is 0 Å². The number of nitrogens with zero attached hydrogens (tertiary/aromatic N) is 1.